The molecule has 0 unspecified atom stereocenters. The van der Waals surface area contributed by atoms with Crippen molar-refractivity contribution in [1.29, 1.82) is 0 Å². The van der Waals surface area contributed by atoms with Gasteiger partial charge in [0.05, 0.1) is 5.69 Å². The lowest BCUT2D eigenvalue weighted by Crippen LogP contribution is -2.24. The van der Waals surface area contributed by atoms with E-state index >= 15 is 0 Å². The molecular weight excluding hydrogens is 338 g/mol. The summed E-state index contributed by atoms with van der Waals surface area (Å²) in [7, 11) is 0. The molecule has 1 heterocycles. The number of hydrogen-bond donors (Lipinski definition) is 2. The van der Waals surface area contributed by atoms with Crippen molar-refractivity contribution in [3.8, 4) is 0 Å². The van der Waals surface area contributed by atoms with Gasteiger partial charge in [0.2, 0.25) is 11.2 Å². The van der Waals surface area contributed by atoms with Crippen LogP contribution in [0.25, 0.3) is 11.8 Å². The van der Waals surface area contributed by atoms with E-state index < -0.39 is 0 Å². The monoisotopic (exact) mass is 357 g/mol. The number of carbonyl (C=O) groups is 1. The number of aliphatic hydroxyl groups excluding tert-OH is 1. The molecular formula is C19H20ClN3O2. The smallest absolute Gasteiger partial charge is 0.227 e. The zero-order valence-electron chi connectivity index (χ0n) is 13.8. The van der Waals surface area contributed by atoms with E-state index in [1.165, 1.54) is 18.7 Å². The first-order chi connectivity index (χ1) is 12.1. The Morgan fingerprint density at radius 2 is 2.04 bits per heavy atom. The Balaban J connectivity index is 1.73. The number of anilines is 1. The first kappa shape index (κ1) is 17.4. The minimum Gasteiger partial charge on any atom is -0.507 e. The minimum atomic E-state index is 0.0449. The first-order valence-electron chi connectivity index (χ1n) is 8.42. The number of hydrogen-bond acceptors (Lipinski definition) is 4. The fraction of sp³-hybridized carbons (Fsp3) is 0.316. The lowest BCUT2D eigenvalue weighted by atomic mass is 9.88. The van der Waals surface area contributed by atoms with Crippen LogP contribution in [0.2, 0.25) is 5.28 Å². The van der Waals surface area contributed by atoms with Crippen molar-refractivity contribution in [2.45, 2.75) is 32.1 Å². The van der Waals surface area contributed by atoms with Gasteiger partial charge in [0.25, 0.3) is 0 Å². The summed E-state index contributed by atoms with van der Waals surface area (Å²) >= 11 is 5.75. The first-order valence-corrected chi connectivity index (χ1v) is 8.80. The Morgan fingerprint density at radius 3 is 2.80 bits per heavy atom. The molecule has 0 radical (unpaired) electrons. The molecule has 1 aromatic carbocycles. The second-order valence-electron chi connectivity index (χ2n) is 6.19. The van der Waals surface area contributed by atoms with Crippen molar-refractivity contribution in [2.24, 2.45) is 5.92 Å². The van der Waals surface area contributed by atoms with E-state index in [2.05, 4.69) is 15.3 Å². The van der Waals surface area contributed by atoms with Crippen LogP contribution in [0.5, 0.6) is 0 Å². The van der Waals surface area contributed by atoms with Crippen molar-refractivity contribution in [1.82, 2.24) is 9.97 Å². The van der Waals surface area contributed by atoms with E-state index in [-0.39, 0.29) is 22.9 Å². The highest BCUT2D eigenvalue weighted by Gasteiger charge is 2.21. The van der Waals surface area contributed by atoms with Gasteiger partial charge in [-0.25, -0.2) is 9.97 Å². The third kappa shape index (κ3) is 4.79. The molecule has 3 rings (SSSR count). The quantitative estimate of drug-likeness (QED) is 0.614. The van der Waals surface area contributed by atoms with Gasteiger partial charge in [-0.3, -0.25) is 4.79 Å². The molecule has 1 amide bonds. The Morgan fingerprint density at radius 1 is 1.24 bits per heavy atom. The standard InChI is InChI=1S/C19H20ClN3O2/c20-19-21-10-9-16(23-19)12-17(24)14-7-4-8-15(11-14)22-18(25)13-5-2-1-3-6-13/h4,7-13,24H,1-3,5-6H2,(H,22,25)/b17-12+. The summed E-state index contributed by atoms with van der Waals surface area (Å²) in [5.74, 6) is 0.191. The fourth-order valence-electron chi connectivity index (χ4n) is 3.02. The summed E-state index contributed by atoms with van der Waals surface area (Å²) in [6.45, 7) is 0. The second-order valence-corrected chi connectivity index (χ2v) is 6.52. The third-order valence-electron chi connectivity index (χ3n) is 4.33. The van der Waals surface area contributed by atoms with Gasteiger partial charge in [-0.1, -0.05) is 31.4 Å². The van der Waals surface area contributed by atoms with Gasteiger partial charge in [0, 0.05) is 29.4 Å². The molecule has 1 saturated carbocycles. The molecule has 1 aromatic heterocycles. The lowest BCUT2D eigenvalue weighted by molar-refractivity contribution is -0.120. The zero-order valence-corrected chi connectivity index (χ0v) is 14.5. The Bertz CT molecular complexity index is 786. The average molecular weight is 358 g/mol. The van der Waals surface area contributed by atoms with Crippen molar-refractivity contribution in [2.75, 3.05) is 5.32 Å². The van der Waals surface area contributed by atoms with Crippen molar-refractivity contribution in [3.63, 3.8) is 0 Å². The SMILES string of the molecule is O=C(Nc1cccc(/C(O)=C\c2ccnc(Cl)n2)c1)C1CCCCC1. The maximum absolute atomic E-state index is 12.4. The molecule has 6 heteroatoms. The van der Waals surface area contributed by atoms with Gasteiger partial charge < -0.3 is 10.4 Å². The van der Waals surface area contributed by atoms with Crippen LogP contribution in [0, 0.1) is 5.92 Å². The van der Waals surface area contributed by atoms with Gasteiger partial charge in [-0.15, -0.1) is 0 Å². The third-order valence-corrected chi connectivity index (χ3v) is 4.52. The number of nitrogens with zero attached hydrogens (tertiary/aromatic N) is 2. The molecule has 1 fully saturated rings. The highest BCUT2D eigenvalue weighted by molar-refractivity contribution is 6.28. The number of halogens is 1. The van der Waals surface area contributed by atoms with E-state index in [4.69, 9.17) is 11.6 Å². The van der Waals surface area contributed by atoms with E-state index in [1.807, 2.05) is 6.07 Å². The van der Waals surface area contributed by atoms with Crippen LogP contribution in [-0.2, 0) is 4.79 Å². The van der Waals surface area contributed by atoms with Crippen LogP contribution in [0.3, 0.4) is 0 Å². The summed E-state index contributed by atoms with van der Waals surface area (Å²) in [6, 6.07) is 8.78. The summed E-state index contributed by atoms with van der Waals surface area (Å²) in [5.41, 5.74) is 1.78. The molecule has 1 aliphatic rings. The van der Waals surface area contributed by atoms with E-state index in [1.54, 1.807) is 24.3 Å². The lowest BCUT2D eigenvalue weighted by Gasteiger charge is -2.20. The topological polar surface area (TPSA) is 75.1 Å². The van der Waals surface area contributed by atoms with Crippen molar-refractivity contribution >= 4 is 35.0 Å². The Labute approximate surface area is 151 Å². The van der Waals surface area contributed by atoms with Gasteiger partial charge >= 0.3 is 0 Å². The maximum Gasteiger partial charge on any atom is 0.227 e. The highest BCUT2D eigenvalue weighted by atomic mass is 35.5. The second kappa shape index (κ2) is 8.12. The van der Waals surface area contributed by atoms with Crippen LogP contribution >= 0.6 is 11.6 Å². The van der Waals surface area contributed by atoms with Crippen LogP contribution in [0.1, 0.15) is 43.4 Å². The fourth-order valence-corrected chi connectivity index (χ4v) is 3.17. The Hall–Kier alpha value is -2.40. The summed E-state index contributed by atoms with van der Waals surface area (Å²) < 4.78 is 0. The predicted molar refractivity (Wildman–Crippen MR) is 99.2 cm³/mol. The number of carbonyl (C=O) groups excluding carboxylic acids is 1. The molecule has 0 aliphatic heterocycles. The number of amides is 1. The molecule has 1 aliphatic carbocycles. The average Bonchev–Trinajstić information content (AvgIpc) is 2.62. The predicted octanol–water partition coefficient (Wildman–Crippen LogP) is 4.70. The molecule has 0 bridgehead atoms. The zero-order chi connectivity index (χ0) is 17.6. The molecule has 2 N–H and O–H groups in total. The van der Waals surface area contributed by atoms with Gasteiger partial charge in [-0.2, -0.15) is 0 Å². The highest BCUT2D eigenvalue weighted by Crippen LogP contribution is 2.26. The molecule has 130 valence electrons. The van der Waals surface area contributed by atoms with Gasteiger partial charge in [-0.05, 0) is 42.6 Å². The maximum atomic E-state index is 12.4. The summed E-state index contributed by atoms with van der Waals surface area (Å²) in [4.78, 5) is 20.2. The van der Waals surface area contributed by atoms with Crippen molar-refractivity contribution < 1.29 is 9.90 Å². The van der Waals surface area contributed by atoms with Crippen LogP contribution < -0.4 is 5.32 Å². The van der Waals surface area contributed by atoms with E-state index in [0.29, 0.717) is 16.9 Å². The number of nitrogens with one attached hydrogen (secondary N) is 1. The molecule has 0 spiro atoms. The van der Waals surface area contributed by atoms with Crippen LogP contribution in [0.15, 0.2) is 36.5 Å². The molecule has 0 saturated heterocycles. The van der Waals surface area contributed by atoms with Gasteiger partial charge in [0.1, 0.15) is 5.76 Å². The van der Waals surface area contributed by atoms with Gasteiger partial charge in [0.15, 0.2) is 0 Å². The minimum absolute atomic E-state index is 0.0449. The Kier molecular flexibility index (Phi) is 5.66. The molecule has 2 aromatic rings. The molecule has 5 nitrogen and oxygen atoms in total. The molecule has 0 atom stereocenters. The number of benzene rings is 1. The van der Waals surface area contributed by atoms with E-state index in [9.17, 15) is 9.90 Å². The largest absolute Gasteiger partial charge is 0.507 e. The summed E-state index contributed by atoms with van der Waals surface area (Å²) in [5, 5.41) is 13.4. The number of aromatic nitrogens is 2. The normalized spacial score (nSPS) is 15.8. The number of rotatable bonds is 4. The van der Waals surface area contributed by atoms with Crippen LogP contribution in [-0.4, -0.2) is 21.0 Å². The number of aliphatic hydroxyl groups is 1. The van der Waals surface area contributed by atoms with E-state index in [0.717, 1.165) is 25.7 Å². The van der Waals surface area contributed by atoms with Crippen LogP contribution in [0.4, 0.5) is 5.69 Å². The van der Waals surface area contributed by atoms with Crippen molar-refractivity contribution in [3.05, 3.63) is 53.1 Å². The molecule has 25 heavy (non-hydrogen) atoms. The summed E-state index contributed by atoms with van der Waals surface area (Å²) in [6.07, 6.45) is 8.37.